The summed E-state index contributed by atoms with van der Waals surface area (Å²) < 4.78 is 0. The monoisotopic (exact) mass is 472 g/mol. The van der Waals surface area contributed by atoms with Gasteiger partial charge in [-0.1, -0.05) is 51.1 Å². The number of guanidine groups is 1. The molecule has 2 rings (SSSR count). The number of aryl methyl sites for hydroxylation is 1. The zero-order valence-corrected chi connectivity index (χ0v) is 18.7. The molecule has 1 heterocycles. The van der Waals surface area contributed by atoms with E-state index in [4.69, 9.17) is 0 Å². The van der Waals surface area contributed by atoms with Crippen LogP contribution in [-0.4, -0.2) is 24.0 Å². The maximum atomic E-state index is 4.67. The highest BCUT2D eigenvalue weighted by atomic mass is 127. The van der Waals surface area contributed by atoms with E-state index in [1.54, 1.807) is 11.3 Å². The smallest absolute Gasteiger partial charge is 0.191 e. The average molecular weight is 472 g/mol. The third kappa shape index (κ3) is 6.93. The van der Waals surface area contributed by atoms with Crippen LogP contribution >= 0.6 is 35.3 Å². The largest absolute Gasteiger partial charge is 0.357 e. The molecule has 1 aromatic heterocycles. The van der Waals surface area contributed by atoms with Crippen LogP contribution in [0.15, 0.2) is 41.5 Å². The lowest BCUT2D eigenvalue weighted by molar-refractivity contribution is 0.508. The predicted octanol–water partition coefficient (Wildman–Crippen LogP) is 4.36. The summed E-state index contributed by atoms with van der Waals surface area (Å²) in [5.41, 5.74) is 1.36. The standard InChI is InChI=1S/C19H28N4S.HI/c1-5-16-12-21-17(24-16)13-22-18(20-6-2)23-14-19(3,4)15-10-8-7-9-11-15;/h7-12H,5-6,13-14H2,1-4H3,(H2,20,22,23);1H. The molecule has 2 aromatic rings. The first kappa shape index (κ1) is 21.9. The molecule has 0 unspecified atom stereocenters. The topological polar surface area (TPSA) is 49.3 Å². The molecular weight excluding hydrogens is 443 g/mol. The van der Waals surface area contributed by atoms with Gasteiger partial charge >= 0.3 is 0 Å². The first-order chi connectivity index (χ1) is 11.5. The Bertz CT molecular complexity index is 652. The molecule has 0 saturated heterocycles. The molecule has 138 valence electrons. The van der Waals surface area contributed by atoms with Crippen molar-refractivity contribution in [3.63, 3.8) is 0 Å². The van der Waals surface area contributed by atoms with Gasteiger partial charge in [0.15, 0.2) is 5.96 Å². The summed E-state index contributed by atoms with van der Waals surface area (Å²) in [6.07, 6.45) is 2.99. The van der Waals surface area contributed by atoms with Crippen LogP contribution in [0.5, 0.6) is 0 Å². The Morgan fingerprint density at radius 2 is 1.88 bits per heavy atom. The Hall–Kier alpha value is -1.15. The van der Waals surface area contributed by atoms with Crippen molar-refractivity contribution in [1.29, 1.82) is 0 Å². The lowest BCUT2D eigenvalue weighted by Crippen LogP contribution is -2.43. The van der Waals surface area contributed by atoms with Crippen molar-refractivity contribution >= 4 is 41.3 Å². The van der Waals surface area contributed by atoms with Gasteiger partial charge in [0.2, 0.25) is 0 Å². The van der Waals surface area contributed by atoms with Crippen molar-refractivity contribution in [2.75, 3.05) is 13.1 Å². The fourth-order valence-corrected chi connectivity index (χ4v) is 3.16. The molecule has 0 aliphatic carbocycles. The normalized spacial score (nSPS) is 11.8. The molecule has 0 amide bonds. The molecule has 0 radical (unpaired) electrons. The van der Waals surface area contributed by atoms with Crippen LogP contribution in [0, 0.1) is 0 Å². The Labute approximate surface area is 172 Å². The average Bonchev–Trinajstić information content (AvgIpc) is 3.06. The Kier molecular flexibility index (Phi) is 9.42. The van der Waals surface area contributed by atoms with E-state index in [1.165, 1.54) is 10.4 Å². The number of thiazole rings is 1. The number of nitrogens with zero attached hydrogens (tertiary/aromatic N) is 2. The number of rotatable bonds is 7. The van der Waals surface area contributed by atoms with Gasteiger partial charge in [-0.2, -0.15) is 0 Å². The Morgan fingerprint density at radius 3 is 2.48 bits per heavy atom. The number of aromatic nitrogens is 1. The van der Waals surface area contributed by atoms with Crippen molar-refractivity contribution in [2.45, 2.75) is 46.1 Å². The van der Waals surface area contributed by atoms with E-state index in [-0.39, 0.29) is 29.4 Å². The molecule has 25 heavy (non-hydrogen) atoms. The SMILES string of the molecule is CCNC(=NCc1ncc(CC)s1)NCC(C)(C)c1ccccc1.I. The predicted molar refractivity (Wildman–Crippen MR) is 119 cm³/mol. The summed E-state index contributed by atoms with van der Waals surface area (Å²) in [5, 5.41) is 7.84. The van der Waals surface area contributed by atoms with Gasteiger partial charge < -0.3 is 10.6 Å². The lowest BCUT2D eigenvalue weighted by atomic mass is 9.85. The second kappa shape index (κ2) is 10.8. The highest BCUT2D eigenvalue weighted by Crippen LogP contribution is 2.21. The number of aliphatic imine (C=N–C) groups is 1. The van der Waals surface area contributed by atoms with Gasteiger partial charge in [0.05, 0.1) is 6.54 Å². The van der Waals surface area contributed by atoms with Gasteiger partial charge in [0.1, 0.15) is 5.01 Å². The van der Waals surface area contributed by atoms with Crippen LogP contribution in [-0.2, 0) is 18.4 Å². The zero-order valence-electron chi connectivity index (χ0n) is 15.5. The van der Waals surface area contributed by atoms with Gasteiger partial charge in [-0.15, -0.1) is 35.3 Å². The molecule has 0 aliphatic rings. The first-order valence-electron chi connectivity index (χ1n) is 8.56. The number of benzene rings is 1. The minimum Gasteiger partial charge on any atom is -0.357 e. The molecule has 1 aromatic carbocycles. The fourth-order valence-electron chi connectivity index (χ4n) is 2.37. The molecular formula is C19H29IN4S. The minimum atomic E-state index is 0. The molecule has 0 saturated carbocycles. The van der Waals surface area contributed by atoms with Crippen molar-refractivity contribution in [1.82, 2.24) is 15.6 Å². The Morgan fingerprint density at radius 1 is 1.16 bits per heavy atom. The highest BCUT2D eigenvalue weighted by molar-refractivity contribution is 14.0. The zero-order chi connectivity index (χ0) is 17.4. The van der Waals surface area contributed by atoms with Crippen LogP contribution in [0.2, 0.25) is 0 Å². The maximum absolute atomic E-state index is 4.67. The van der Waals surface area contributed by atoms with Crippen LogP contribution in [0.3, 0.4) is 0 Å². The van der Waals surface area contributed by atoms with Crippen LogP contribution in [0.25, 0.3) is 0 Å². The fraction of sp³-hybridized carbons (Fsp3) is 0.474. The van der Waals surface area contributed by atoms with E-state index < -0.39 is 0 Å². The van der Waals surface area contributed by atoms with Crippen molar-refractivity contribution in [3.8, 4) is 0 Å². The summed E-state index contributed by atoms with van der Waals surface area (Å²) in [7, 11) is 0. The second-order valence-electron chi connectivity index (χ2n) is 6.37. The second-order valence-corrected chi connectivity index (χ2v) is 7.57. The molecule has 2 N–H and O–H groups in total. The van der Waals surface area contributed by atoms with Gasteiger partial charge in [-0.05, 0) is 18.9 Å². The molecule has 0 atom stereocenters. The number of halogens is 1. The van der Waals surface area contributed by atoms with Crippen molar-refractivity contribution in [3.05, 3.63) is 52.0 Å². The van der Waals surface area contributed by atoms with Crippen LogP contribution in [0.4, 0.5) is 0 Å². The number of hydrogen-bond donors (Lipinski definition) is 2. The molecule has 6 heteroatoms. The summed E-state index contributed by atoms with van der Waals surface area (Å²) in [6, 6.07) is 10.6. The van der Waals surface area contributed by atoms with Gasteiger partial charge in [0, 0.05) is 29.6 Å². The Balaban J connectivity index is 0.00000312. The van der Waals surface area contributed by atoms with E-state index >= 15 is 0 Å². The quantitative estimate of drug-likeness (QED) is 0.358. The maximum Gasteiger partial charge on any atom is 0.191 e. The molecule has 0 bridgehead atoms. The summed E-state index contributed by atoms with van der Waals surface area (Å²) in [5.74, 6) is 0.842. The van der Waals surface area contributed by atoms with E-state index in [9.17, 15) is 0 Å². The third-order valence-electron chi connectivity index (χ3n) is 3.92. The highest BCUT2D eigenvalue weighted by Gasteiger charge is 2.20. The van der Waals surface area contributed by atoms with E-state index in [2.05, 4.69) is 78.6 Å². The number of hydrogen-bond acceptors (Lipinski definition) is 3. The third-order valence-corrected chi connectivity index (χ3v) is 5.05. The summed E-state index contributed by atoms with van der Waals surface area (Å²) in [6.45, 7) is 11.0. The first-order valence-corrected chi connectivity index (χ1v) is 9.38. The minimum absolute atomic E-state index is 0. The van der Waals surface area contributed by atoms with Crippen molar-refractivity contribution in [2.24, 2.45) is 4.99 Å². The summed E-state index contributed by atoms with van der Waals surface area (Å²) >= 11 is 1.74. The summed E-state index contributed by atoms with van der Waals surface area (Å²) in [4.78, 5) is 10.4. The van der Waals surface area contributed by atoms with E-state index in [1.807, 2.05) is 6.20 Å². The van der Waals surface area contributed by atoms with Gasteiger partial charge in [-0.3, -0.25) is 0 Å². The lowest BCUT2D eigenvalue weighted by Gasteiger charge is -2.26. The van der Waals surface area contributed by atoms with Gasteiger partial charge in [-0.25, -0.2) is 9.98 Å². The van der Waals surface area contributed by atoms with Gasteiger partial charge in [0.25, 0.3) is 0 Å². The van der Waals surface area contributed by atoms with E-state index in [0.717, 1.165) is 30.5 Å². The number of nitrogens with one attached hydrogen (secondary N) is 2. The van der Waals surface area contributed by atoms with Crippen LogP contribution < -0.4 is 10.6 Å². The van der Waals surface area contributed by atoms with Crippen molar-refractivity contribution < 1.29 is 0 Å². The molecule has 0 spiro atoms. The van der Waals surface area contributed by atoms with Crippen LogP contribution in [0.1, 0.15) is 43.1 Å². The molecule has 4 nitrogen and oxygen atoms in total. The molecule has 0 fully saturated rings. The molecule has 0 aliphatic heterocycles. The van der Waals surface area contributed by atoms with E-state index in [0.29, 0.717) is 6.54 Å².